The summed E-state index contributed by atoms with van der Waals surface area (Å²) in [4.78, 5) is 0. The molecule has 0 amide bonds. The van der Waals surface area contributed by atoms with E-state index in [-0.39, 0.29) is 6.04 Å². The molecule has 0 aliphatic carbocycles. The van der Waals surface area contributed by atoms with Crippen LogP contribution in [0.5, 0.6) is 0 Å². The van der Waals surface area contributed by atoms with Crippen molar-refractivity contribution in [3.05, 3.63) is 34.9 Å². The van der Waals surface area contributed by atoms with Gasteiger partial charge in [-0.2, -0.15) is 0 Å². The smallest absolute Gasteiger partial charge is 0.0897 e. The van der Waals surface area contributed by atoms with Crippen LogP contribution in [0.25, 0.3) is 0 Å². The van der Waals surface area contributed by atoms with Gasteiger partial charge < -0.3 is 15.2 Å². The molecule has 19 heavy (non-hydrogen) atoms. The molecule has 108 valence electrons. The molecule has 0 aliphatic heterocycles. The zero-order valence-corrected chi connectivity index (χ0v) is 12.5. The molecule has 2 N–H and O–H groups in total. The number of ether oxygens (including phenoxy) is 1. The number of halogens is 1. The number of unbranched alkanes of at least 4 members (excludes halogenated alkanes) is 1. The van der Waals surface area contributed by atoms with Gasteiger partial charge in [0.05, 0.1) is 12.7 Å². The standard InChI is InChI=1S/C15H24ClNO2/c1-3-4-9-19-11-13(18)10-17-12(2)14-7-5-6-8-15(14)16/h5-8,12-13,17-18H,3-4,9-11H2,1-2H3. The summed E-state index contributed by atoms with van der Waals surface area (Å²) in [6, 6.07) is 7.85. The monoisotopic (exact) mass is 285 g/mol. The molecule has 0 saturated carbocycles. The van der Waals surface area contributed by atoms with Crippen molar-refractivity contribution in [2.75, 3.05) is 19.8 Å². The maximum absolute atomic E-state index is 9.79. The summed E-state index contributed by atoms with van der Waals surface area (Å²) >= 11 is 6.13. The Hall–Kier alpha value is -0.610. The molecule has 1 rings (SSSR count). The first-order valence-corrected chi connectivity index (χ1v) is 7.26. The highest BCUT2D eigenvalue weighted by atomic mass is 35.5. The summed E-state index contributed by atoms with van der Waals surface area (Å²) in [7, 11) is 0. The van der Waals surface area contributed by atoms with Gasteiger partial charge >= 0.3 is 0 Å². The molecular formula is C15H24ClNO2. The van der Waals surface area contributed by atoms with Crippen LogP contribution in [0.15, 0.2) is 24.3 Å². The Labute approximate surface area is 120 Å². The fourth-order valence-corrected chi connectivity index (χ4v) is 2.07. The number of aliphatic hydroxyl groups excluding tert-OH is 1. The largest absolute Gasteiger partial charge is 0.389 e. The van der Waals surface area contributed by atoms with Crippen LogP contribution in [0.3, 0.4) is 0 Å². The van der Waals surface area contributed by atoms with Crippen molar-refractivity contribution in [2.24, 2.45) is 0 Å². The molecule has 2 atom stereocenters. The molecule has 1 aromatic carbocycles. The lowest BCUT2D eigenvalue weighted by Crippen LogP contribution is -2.32. The average Bonchev–Trinajstić information content (AvgIpc) is 2.41. The van der Waals surface area contributed by atoms with Crippen LogP contribution in [0.1, 0.15) is 38.3 Å². The minimum atomic E-state index is -0.484. The van der Waals surface area contributed by atoms with Gasteiger partial charge in [-0.3, -0.25) is 0 Å². The van der Waals surface area contributed by atoms with E-state index in [9.17, 15) is 5.11 Å². The fraction of sp³-hybridized carbons (Fsp3) is 0.600. The summed E-state index contributed by atoms with van der Waals surface area (Å²) in [6.07, 6.45) is 1.66. The van der Waals surface area contributed by atoms with E-state index in [1.165, 1.54) is 0 Å². The molecule has 0 fully saturated rings. The normalized spacial score (nSPS) is 14.3. The second-order valence-electron chi connectivity index (χ2n) is 4.73. The third-order valence-electron chi connectivity index (χ3n) is 2.98. The van der Waals surface area contributed by atoms with Gasteiger partial charge in [-0.25, -0.2) is 0 Å². The molecule has 0 aliphatic rings. The summed E-state index contributed by atoms with van der Waals surface area (Å²) in [5, 5.41) is 13.8. The lowest BCUT2D eigenvalue weighted by molar-refractivity contribution is 0.0348. The SMILES string of the molecule is CCCCOCC(O)CNC(C)c1ccccc1Cl. The molecule has 3 nitrogen and oxygen atoms in total. The average molecular weight is 286 g/mol. The lowest BCUT2D eigenvalue weighted by Gasteiger charge is -2.18. The number of nitrogens with one attached hydrogen (secondary N) is 1. The van der Waals surface area contributed by atoms with E-state index in [2.05, 4.69) is 12.2 Å². The number of rotatable bonds is 9. The maximum Gasteiger partial charge on any atom is 0.0897 e. The van der Waals surface area contributed by atoms with Crippen molar-refractivity contribution in [1.29, 1.82) is 0 Å². The van der Waals surface area contributed by atoms with E-state index in [1.54, 1.807) is 0 Å². The quantitative estimate of drug-likeness (QED) is 0.685. The zero-order chi connectivity index (χ0) is 14.1. The Morgan fingerprint density at radius 2 is 2.11 bits per heavy atom. The second kappa shape index (κ2) is 9.32. The Morgan fingerprint density at radius 1 is 1.37 bits per heavy atom. The number of hydrogen-bond donors (Lipinski definition) is 2. The van der Waals surface area contributed by atoms with Gasteiger partial charge in [0.2, 0.25) is 0 Å². The van der Waals surface area contributed by atoms with Crippen molar-refractivity contribution in [1.82, 2.24) is 5.32 Å². The molecule has 0 spiro atoms. The third kappa shape index (κ3) is 6.39. The molecule has 0 radical (unpaired) electrons. The minimum absolute atomic E-state index is 0.110. The molecule has 0 heterocycles. The van der Waals surface area contributed by atoms with Gasteiger partial charge in [0, 0.05) is 24.2 Å². The number of aliphatic hydroxyl groups is 1. The highest BCUT2D eigenvalue weighted by Crippen LogP contribution is 2.21. The van der Waals surface area contributed by atoms with Gasteiger partial charge in [-0.1, -0.05) is 43.1 Å². The van der Waals surface area contributed by atoms with Crippen molar-refractivity contribution in [2.45, 2.75) is 38.8 Å². The minimum Gasteiger partial charge on any atom is -0.389 e. The van der Waals surface area contributed by atoms with Crippen LogP contribution in [0.4, 0.5) is 0 Å². The second-order valence-corrected chi connectivity index (χ2v) is 5.14. The molecule has 0 bridgehead atoms. The molecule has 4 heteroatoms. The van der Waals surface area contributed by atoms with Crippen LogP contribution >= 0.6 is 11.6 Å². The Bertz CT molecular complexity index is 360. The Balaban J connectivity index is 2.26. The van der Waals surface area contributed by atoms with Crippen molar-refractivity contribution >= 4 is 11.6 Å². The highest BCUT2D eigenvalue weighted by Gasteiger charge is 2.11. The van der Waals surface area contributed by atoms with Gasteiger partial charge in [0.25, 0.3) is 0 Å². The Kier molecular flexibility index (Phi) is 8.07. The van der Waals surface area contributed by atoms with E-state index < -0.39 is 6.10 Å². The summed E-state index contributed by atoms with van der Waals surface area (Å²) in [5.74, 6) is 0. The van der Waals surface area contributed by atoms with Crippen molar-refractivity contribution in [3.63, 3.8) is 0 Å². The third-order valence-corrected chi connectivity index (χ3v) is 3.33. The number of benzene rings is 1. The van der Waals surface area contributed by atoms with E-state index in [1.807, 2.05) is 31.2 Å². The van der Waals surface area contributed by atoms with Gasteiger partial charge in [-0.15, -0.1) is 0 Å². The first-order valence-electron chi connectivity index (χ1n) is 6.88. The van der Waals surface area contributed by atoms with Crippen LogP contribution in [-0.2, 0) is 4.74 Å². The molecule has 0 saturated heterocycles. The summed E-state index contributed by atoms with van der Waals surface area (Å²) in [6.45, 7) is 5.74. The van der Waals surface area contributed by atoms with E-state index in [0.717, 1.165) is 23.4 Å². The maximum atomic E-state index is 9.79. The Morgan fingerprint density at radius 3 is 2.79 bits per heavy atom. The van der Waals surface area contributed by atoms with Gasteiger partial charge in [-0.05, 0) is 25.0 Å². The van der Waals surface area contributed by atoms with E-state index in [4.69, 9.17) is 16.3 Å². The zero-order valence-electron chi connectivity index (χ0n) is 11.7. The van der Waals surface area contributed by atoms with Gasteiger partial charge in [0.1, 0.15) is 0 Å². The first kappa shape index (κ1) is 16.4. The van der Waals surface area contributed by atoms with E-state index in [0.29, 0.717) is 19.8 Å². The van der Waals surface area contributed by atoms with Gasteiger partial charge in [0.15, 0.2) is 0 Å². The predicted molar refractivity (Wildman–Crippen MR) is 79.6 cm³/mol. The van der Waals surface area contributed by atoms with Crippen molar-refractivity contribution in [3.8, 4) is 0 Å². The fourth-order valence-electron chi connectivity index (χ4n) is 1.77. The van der Waals surface area contributed by atoms with Crippen molar-refractivity contribution < 1.29 is 9.84 Å². The van der Waals surface area contributed by atoms with Crippen LogP contribution in [0.2, 0.25) is 5.02 Å². The van der Waals surface area contributed by atoms with Crippen LogP contribution in [0, 0.1) is 0 Å². The highest BCUT2D eigenvalue weighted by molar-refractivity contribution is 6.31. The first-order chi connectivity index (χ1) is 9.15. The topological polar surface area (TPSA) is 41.5 Å². The molecule has 1 aromatic rings. The number of hydrogen-bond acceptors (Lipinski definition) is 3. The lowest BCUT2D eigenvalue weighted by atomic mass is 10.1. The van der Waals surface area contributed by atoms with Crippen LogP contribution in [-0.4, -0.2) is 31.0 Å². The predicted octanol–water partition coefficient (Wildman–Crippen LogP) is 3.17. The molecule has 2 unspecified atom stereocenters. The van der Waals surface area contributed by atoms with E-state index >= 15 is 0 Å². The summed E-state index contributed by atoms with van der Waals surface area (Å²) < 4.78 is 5.38. The van der Waals surface area contributed by atoms with Crippen LogP contribution < -0.4 is 5.32 Å². The molecular weight excluding hydrogens is 262 g/mol. The molecule has 0 aromatic heterocycles. The summed E-state index contributed by atoms with van der Waals surface area (Å²) in [5.41, 5.74) is 1.04.